The second-order valence-corrected chi connectivity index (χ2v) is 1.10. The fourth-order valence-corrected chi connectivity index (χ4v) is 0.123. The second-order valence-electron chi connectivity index (χ2n) is 1.10. The second kappa shape index (κ2) is 4.97. The number of rotatable bonds is 2. The normalized spacial score (nSPS) is 24.2. The smallest absolute Gasteiger partial charge is 0.542 e. The van der Waals surface area contributed by atoms with Crippen molar-refractivity contribution < 1.29 is 51.1 Å². The zero-order valence-electron chi connectivity index (χ0n) is 9.93. The molecular formula is C5H7NaO3. The number of Topliss-reactive ketones (excluding diaryl/α,β-unsaturated/α-hetero) is 1. The van der Waals surface area contributed by atoms with Gasteiger partial charge in [-0.05, 0) is 0 Å². The number of carbonyl (C=O) groups excluding carboxylic acids is 2. The maximum absolute atomic E-state index is 10.7. The number of carboxylic acid groups (broad SMARTS) is 1. The van der Waals surface area contributed by atoms with Crippen molar-refractivity contribution in [2.75, 3.05) is 0 Å². The van der Waals surface area contributed by atoms with Gasteiger partial charge in [0.15, 0.2) is 5.78 Å². The van der Waals surface area contributed by atoms with E-state index in [1.54, 1.807) is 0 Å². The van der Waals surface area contributed by atoms with Crippen molar-refractivity contribution in [3.63, 3.8) is 0 Å². The van der Waals surface area contributed by atoms with Crippen molar-refractivity contribution in [1.29, 1.82) is 0 Å². The van der Waals surface area contributed by atoms with E-state index < -0.39 is 31.4 Å². The van der Waals surface area contributed by atoms with Crippen molar-refractivity contribution in [2.24, 2.45) is 5.89 Å². The van der Waals surface area contributed by atoms with Crippen molar-refractivity contribution in [3.8, 4) is 0 Å². The SMILES string of the molecule is [2H][13CH2][C@@]([2H])(C(=O)C(=O)[O-])C([2H])([2H])[2H].[Na+]. The molecule has 0 fully saturated rings. The van der Waals surface area contributed by atoms with Crippen LogP contribution < -0.4 is 34.7 Å². The van der Waals surface area contributed by atoms with Gasteiger partial charge in [-0.2, -0.15) is 0 Å². The van der Waals surface area contributed by atoms with Crippen LogP contribution in [0.15, 0.2) is 0 Å². The Balaban J connectivity index is 0. The Morgan fingerprint density at radius 2 is 2.33 bits per heavy atom. The van der Waals surface area contributed by atoms with E-state index >= 15 is 0 Å². The van der Waals surface area contributed by atoms with Crippen molar-refractivity contribution in [3.05, 3.63) is 0 Å². The Bertz CT molecular complexity index is 240. The van der Waals surface area contributed by atoms with Crippen molar-refractivity contribution in [1.82, 2.24) is 0 Å². The van der Waals surface area contributed by atoms with Gasteiger partial charge in [0.05, 0.1) is 0 Å². The van der Waals surface area contributed by atoms with E-state index in [-0.39, 0.29) is 29.6 Å². The Morgan fingerprint density at radius 1 is 1.78 bits per heavy atom. The molecule has 0 saturated carbocycles. The minimum absolute atomic E-state index is 0. The van der Waals surface area contributed by atoms with Crippen LogP contribution in [-0.2, 0) is 9.59 Å². The van der Waals surface area contributed by atoms with Crippen LogP contribution in [0.25, 0.3) is 0 Å². The molecule has 0 aliphatic carbocycles. The van der Waals surface area contributed by atoms with Gasteiger partial charge in [-0.25, -0.2) is 0 Å². The Kier molecular flexibility index (Phi) is 2.27. The molecule has 0 aromatic rings. The quantitative estimate of drug-likeness (QED) is 0.225. The largest absolute Gasteiger partial charge is 1.00 e. The van der Waals surface area contributed by atoms with Crippen LogP contribution in [0.5, 0.6) is 0 Å². The van der Waals surface area contributed by atoms with Gasteiger partial charge in [0, 0.05) is 12.7 Å². The zero-order valence-corrected chi connectivity index (χ0v) is 6.93. The number of carbonyl (C=O) groups is 2. The summed E-state index contributed by atoms with van der Waals surface area (Å²) in [6.45, 7) is -4.28. The van der Waals surface area contributed by atoms with Gasteiger partial charge in [-0.1, -0.05) is 13.8 Å². The van der Waals surface area contributed by atoms with E-state index in [4.69, 9.17) is 6.85 Å². The van der Waals surface area contributed by atoms with Crippen molar-refractivity contribution >= 4 is 11.8 Å². The molecule has 0 aromatic heterocycles. The van der Waals surface area contributed by atoms with Crippen LogP contribution in [0.3, 0.4) is 0 Å². The summed E-state index contributed by atoms with van der Waals surface area (Å²) in [5, 5.41) is 10.0. The van der Waals surface area contributed by atoms with Gasteiger partial charge >= 0.3 is 29.6 Å². The summed E-state index contributed by atoms with van der Waals surface area (Å²) >= 11 is 0. The molecule has 4 heteroatoms. The third kappa shape index (κ3) is 4.63. The molecule has 0 aliphatic heterocycles. The summed E-state index contributed by atoms with van der Waals surface area (Å²) in [5.74, 6) is -7.06. The third-order valence-electron chi connectivity index (χ3n) is 0.459. The van der Waals surface area contributed by atoms with Gasteiger partial charge in [0.25, 0.3) is 0 Å². The monoisotopic (exact) mass is 144 g/mol. The first-order valence-corrected chi connectivity index (χ1v) is 1.72. The van der Waals surface area contributed by atoms with E-state index in [9.17, 15) is 14.7 Å². The summed E-state index contributed by atoms with van der Waals surface area (Å²) in [6, 6.07) is 0. The minimum Gasteiger partial charge on any atom is -0.542 e. The molecule has 0 rings (SSSR count). The molecule has 0 N–H and O–H groups in total. The molecule has 0 saturated heterocycles. The van der Waals surface area contributed by atoms with Crippen LogP contribution >= 0.6 is 0 Å². The Morgan fingerprint density at radius 3 is 2.44 bits per heavy atom. The van der Waals surface area contributed by atoms with Crippen LogP contribution in [-0.4, -0.2) is 11.8 Å². The average Bonchev–Trinajstić information content (AvgIpc) is 1.99. The molecule has 0 radical (unpaired) electrons. The predicted molar refractivity (Wildman–Crippen MR) is 24.9 cm³/mol. The first-order chi connectivity index (χ1) is 5.66. The van der Waals surface area contributed by atoms with E-state index in [2.05, 4.69) is 0 Å². The number of ketones is 1. The van der Waals surface area contributed by atoms with Gasteiger partial charge in [0.2, 0.25) is 0 Å². The molecule has 3 nitrogen and oxygen atoms in total. The van der Waals surface area contributed by atoms with Crippen LogP contribution in [0.2, 0.25) is 0 Å². The number of aliphatic carboxylic acids is 1. The standard InChI is InChI=1S/C5H8O3.Na/c1-3(2)4(6)5(7)8;/h3H,1-2H3,(H,7,8);/q;+1/p-1/i1D3,2+1D,3D;/t3-;/m0./s1. The fraction of sp³-hybridized carbons (Fsp3) is 0.600. The fourth-order valence-electron chi connectivity index (χ4n) is 0.123. The predicted octanol–water partition coefficient (Wildman–Crippen LogP) is -4.03. The van der Waals surface area contributed by atoms with E-state index in [0.29, 0.717) is 0 Å². The summed E-state index contributed by atoms with van der Waals surface area (Å²) in [4.78, 5) is 20.8. The summed E-state index contributed by atoms with van der Waals surface area (Å²) in [7, 11) is 0. The molecule has 9 heavy (non-hydrogen) atoms. The Hall–Kier alpha value is 0.140. The molecule has 0 amide bonds. The van der Waals surface area contributed by atoms with E-state index in [0.717, 1.165) is 0 Å². The van der Waals surface area contributed by atoms with Crippen LogP contribution in [0.4, 0.5) is 0 Å². The first kappa shape index (κ1) is 4.11. The molecule has 46 valence electrons. The molecule has 0 bridgehead atoms. The van der Waals surface area contributed by atoms with E-state index in [1.807, 2.05) is 0 Å². The molecule has 0 spiro atoms. The Labute approximate surface area is 82.8 Å². The maximum atomic E-state index is 10.7. The van der Waals surface area contributed by atoms with Gasteiger partial charge in [0.1, 0.15) is 5.97 Å². The summed E-state index contributed by atoms with van der Waals surface area (Å²) in [5.41, 5.74) is 0. The van der Waals surface area contributed by atoms with Gasteiger partial charge in [-0.3, -0.25) is 4.79 Å². The zero-order chi connectivity index (χ0) is 10.9. The molecule has 0 aliphatic rings. The number of hydrogen-bond acceptors (Lipinski definition) is 3. The van der Waals surface area contributed by atoms with Crippen molar-refractivity contribution in [2.45, 2.75) is 13.8 Å². The maximum Gasteiger partial charge on any atom is 1.00 e. The topological polar surface area (TPSA) is 57.2 Å². The summed E-state index contributed by atoms with van der Waals surface area (Å²) < 4.78 is 33.9. The molecule has 0 heterocycles. The molecular weight excluding hydrogens is 132 g/mol. The first-order valence-electron chi connectivity index (χ1n) is 4.42. The number of carboxylic acids is 1. The minimum atomic E-state index is -3.13. The van der Waals surface area contributed by atoms with Gasteiger partial charge in [-0.15, -0.1) is 0 Å². The molecule has 0 aromatic carbocycles. The molecule has 0 unspecified atom stereocenters. The van der Waals surface area contributed by atoms with Crippen LogP contribution in [0, 0.1) is 5.89 Å². The third-order valence-corrected chi connectivity index (χ3v) is 0.459. The average molecular weight is 144 g/mol. The summed E-state index contributed by atoms with van der Waals surface area (Å²) in [6.07, 6.45) is 0. The van der Waals surface area contributed by atoms with Gasteiger partial charge < -0.3 is 9.90 Å². The van der Waals surface area contributed by atoms with E-state index in [1.165, 1.54) is 0 Å². The molecule has 1 atom stereocenters. The van der Waals surface area contributed by atoms with Crippen LogP contribution in [0.1, 0.15) is 20.6 Å². The number of hydrogen-bond donors (Lipinski definition) is 0.